The van der Waals surface area contributed by atoms with Crippen molar-refractivity contribution in [1.82, 2.24) is 10.4 Å². The van der Waals surface area contributed by atoms with Gasteiger partial charge in [0.2, 0.25) is 0 Å². The zero-order chi connectivity index (χ0) is 19.1. The van der Waals surface area contributed by atoms with E-state index in [9.17, 15) is 14.7 Å². The van der Waals surface area contributed by atoms with Crippen LogP contribution < -0.4 is 5.32 Å². The maximum Gasteiger partial charge on any atom is 0.511 e. The number of nitrogens with one attached hydrogen (secondary N) is 1. The van der Waals surface area contributed by atoms with E-state index in [1.165, 1.54) is 0 Å². The second kappa shape index (κ2) is 6.90. The number of amides is 1. The maximum absolute atomic E-state index is 12.9. The average Bonchev–Trinajstić information content (AvgIpc) is 2.79. The van der Waals surface area contributed by atoms with E-state index in [1.54, 1.807) is 24.3 Å². The SMILES string of the molecule is CON1CCC2(CC1)NC(=O)C(c1c(C)cc(Cl)cc1C)=C2OC(=O)O. The van der Waals surface area contributed by atoms with Gasteiger partial charge in [-0.3, -0.25) is 4.79 Å². The molecule has 0 aromatic heterocycles. The molecule has 0 unspecified atom stereocenters. The summed E-state index contributed by atoms with van der Waals surface area (Å²) in [5.41, 5.74) is 1.66. The molecule has 8 heteroatoms. The highest BCUT2D eigenvalue weighted by atomic mass is 35.5. The largest absolute Gasteiger partial charge is 0.511 e. The summed E-state index contributed by atoms with van der Waals surface area (Å²) in [6, 6.07) is 3.50. The standard InChI is InChI=1S/C18H21ClN2O5/c1-10-8-12(19)9-11(2)13(10)14-15(26-17(23)24)18(20-16(14)22)4-6-21(25-3)7-5-18/h8-9H,4-7H2,1-3H3,(H,20,22)(H,23,24). The number of carbonyl (C=O) groups excluding carboxylic acids is 1. The predicted molar refractivity (Wildman–Crippen MR) is 95.6 cm³/mol. The lowest BCUT2D eigenvalue weighted by Gasteiger charge is -2.38. The number of aryl methyl sites for hydroxylation is 2. The number of carboxylic acid groups (broad SMARTS) is 1. The summed E-state index contributed by atoms with van der Waals surface area (Å²) >= 11 is 6.10. The van der Waals surface area contributed by atoms with E-state index in [0.29, 0.717) is 36.5 Å². The van der Waals surface area contributed by atoms with Gasteiger partial charge in [0.25, 0.3) is 5.91 Å². The molecule has 2 N–H and O–H groups in total. The van der Waals surface area contributed by atoms with Crippen molar-refractivity contribution in [2.75, 3.05) is 20.2 Å². The monoisotopic (exact) mass is 380 g/mol. The Kier molecular flexibility index (Phi) is 4.96. The van der Waals surface area contributed by atoms with Crippen molar-refractivity contribution < 1.29 is 24.3 Å². The Morgan fingerprint density at radius 1 is 1.27 bits per heavy atom. The zero-order valence-corrected chi connectivity index (χ0v) is 15.6. The minimum atomic E-state index is -1.44. The van der Waals surface area contributed by atoms with Gasteiger partial charge in [0, 0.05) is 18.1 Å². The van der Waals surface area contributed by atoms with Crippen molar-refractivity contribution in [3.63, 3.8) is 0 Å². The average molecular weight is 381 g/mol. The van der Waals surface area contributed by atoms with Crippen LogP contribution in [0.25, 0.3) is 5.57 Å². The summed E-state index contributed by atoms with van der Waals surface area (Å²) in [7, 11) is 1.58. The Balaban J connectivity index is 2.15. The topological polar surface area (TPSA) is 88.1 Å². The van der Waals surface area contributed by atoms with Crippen LogP contribution in [0.1, 0.15) is 29.5 Å². The van der Waals surface area contributed by atoms with E-state index in [1.807, 2.05) is 13.8 Å². The second-order valence-corrected chi connectivity index (χ2v) is 7.07. The fourth-order valence-corrected chi connectivity index (χ4v) is 4.18. The van der Waals surface area contributed by atoms with Crippen LogP contribution in [0, 0.1) is 13.8 Å². The van der Waals surface area contributed by atoms with Gasteiger partial charge in [0.05, 0.1) is 12.7 Å². The highest BCUT2D eigenvalue weighted by molar-refractivity contribution is 6.31. The van der Waals surface area contributed by atoms with Gasteiger partial charge in [0.15, 0.2) is 5.76 Å². The van der Waals surface area contributed by atoms with Crippen molar-refractivity contribution in [3.8, 4) is 0 Å². The van der Waals surface area contributed by atoms with Gasteiger partial charge in [-0.05, 0) is 55.5 Å². The van der Waals surface area contributed by atoms with Gasteiger partial charge in [-0.25, -0.2) is 4.79 Å². The van der Waals surface area contributed by atoms with Gasteiger partial charge < -0.3 is 20.0 Å². The minimum absolute atomic E-state index is 0.166. The number of nitrogens with zero attached hydrogens (tertiary/aromatic N) is 1. The first-order chi connectivity index (χ1) is 12.3. The third-order valence-corrected chi connectivity index (χ3v) is 5.23. The number of rotatable bonds is 3. The Morgan fingerprint density at radius 3 is 2.35 bits per heavy atom. The van der Waals surface area contributed by atoms with Gasteiger partial charge in [0.1, 0.15) is 5.54 Å². The Hall–Kier alpha value is -2.09. The third-order valence-electron chi connectivity index (χ3n) is 5.01. The summed E-state index contributed by atoms with van der Waals surface area (Å²) < 4.78 is 5.17. The maximum atomic E-state index is 12.9. The van der Waals surface area contributed by atoms with Crippen molar-refractivity contribution in [3.05, 3.63) is 39.6 Å². The summed E-state index contributed by atoms with van der Waals surface area (Å²) in [6.45, 7) is 4.78. The molecule has 0 saturated carbocycles. The molecule has 1 amide bonds. The van der Waals surface area contributed by atoms with Crippen LogP contribution in [0.2, 0.25) is 5.02 Å². The first kappa shape index (κ1) is 18.7. The van der Waals surface area contributed by atoms with Gasteiger partial charge in [-0.1, -0.05) is 11.6 Å². The Labute approximate surface area is 156 Å². The van der Waals surface area contributed by atoms with E-state index in [0.717, 1.165) is 11.1 Å². The van der Waals surface area contributed by atoms with Gasteiger partial charge in [-0.15, -0.1) is 0 Å². The summed E-state index contributed by atoms with van der Waals surface area (Å²) in [5, 5.41) is 14.6. The molecule has 0 radical (unpaired) electrons. The number of benzene rings is 1. The summed E-state index contributed by atoms with van der Waals surface area (Å²) in [6.07, 6.45) is -0.457. The first-order valence-corrected chi connectivity index (χ1v) is 8.69. The smallest absolute Gasteiger partial charge is 0.449 e. The number of hydrogen-bond acceptors (Lipinski definition) is 5. The van der Waals surface area contributed by atoms with Crippen LogP contribution in [-0.4, -0.2) is 48.0 Å². The van der Waals surface area contributed by atoms with Crippen LogP contribution >= 0.6 is 11.6 Å². The quantitative estimate of drug-likeness (QED) is 0.784. The number of hydrogen-bond donors (Lipinski definition) is 2. The number of hydroxylamine groups is 2. The molecule has 7 nitrogen and oxygen atoms in total. The molecule has 0 aliphatic carbocycles. The van der Waals surface area contributed by atoms with Crippen LogP contribution in [0.5, 0.6) is 0 Å². The first-order valence-electron chi connectivity index (χ1n) is 8.31. The molecule has 140 valence electrons. The van der Waals surface area contributed by atoms with Crippen LogP contribution in [0.15, 0.2) is 17.9 Å². The second-order valence-electron chi connectivity index (χ2n) is 6.63. The molecule has 1 fully saturated rings. The fourth-order valence-electron chi connectivity index (χ4n) is 3.85. The van der Waals surface area contributed by atoms with E-state index in [2.05, 4.69) is 5.32 Å². The zero-order valence-electron chi connectivity index (χ0n) is 14.9. The molecule has 3 rings (SSSR count). The van der Waals surface area contributed by atoms with E-state index in [-0.39, 0.29) is 17.2 Å². The number of carbonyl (C=O) groups is 2. The highest BCUT2D eigenvalue weighted by Crippen LogP contribution is 2.42. The third kappa shape index (κ3) is 3.18. The number of piperidine rings is 1. The minimum Gasteiger partial charge on any atom is -0.449 e. The molecule has 1 aromatic carbocycles. The molecule has 0 bridgehead atoms. The fraction of sp³-hybridized carbons (Fsp3) is 0.444. The molecule has 2 aliphatic heterocycles. The lowest BCUT2D eigenvalue weighted by molar-refractivity contribution is -0.152. The van der Waals surface area contributed by atoms with Crippen LogP contribution in [-0.2, 0) is 14.4 Å². The molecule has 1 spiro atoms. The highest BCUT2D eigenvalue weighted by Gasteiger charge is 2.50. The predicted octanol–water partition coefficient (Wildman–Crippen LogP) is 2.89. The molecular weight excluding hydrogens is 360 g/mol. The molecule has 26 heavy (non-hydrogen) atoms. The van der Waals surface area contributed by atoms with Crippen molar-refractivity contribution in [2.45, 2.75) is 32.2 Å². The van der Waals surface area contributed by atoms with Crippen LogP contribution in [0.4, 0.5) is 4.79 Å². The van der Waals surface area contributed by atoms with E-state index < -0.39 is 11.7 Å². The Morgan fingerprint density at radius 2 is 1.85 bits per heavy atom. The molecule has 1 aromatic rings. The van der Waals surface area contributed by atoms with Gasteiger partial charge >= 0.3 is 6.16 Å². The molecular formula is C18H21ClN2O5. The normalized spacial score (nSPS) is 19.8. The number of halogens is 1. The van der Waals surface area contributed by atoms with Crippen molar-refractivity contribution in [1.29, 1.82) is 0 Å². The molecule has 2 aliphatic rings. The molecule has 2 heterocycles. The molecule has 0 atom stereocenters. The van der Waals surface area contributed by atoms with Crippen LogP contribution in [0.3, 0.4) is 0 Å². The lowest BCUT2D eigenvalue weighted by Crippen LogP contribution is -2.53. The Bertz CT molecular complexity index is 774. The summed E-state index contributed by atoms with van der Waals surface area (Å²) in [4.78, 5) is 29.5. The lowest BCUT2D eigenvalue weighted by atomic mass is 9.85. The van der Waals surface area contributed by atoms with Crippen molar-refractivity contribution in [2.24, 2.45) is 0 Å². The van der Waals surface area contributed by atoms with E-state index >= 15 is 0 Å². The summed E-state index contributed by atoms with van der Waals surface area (Å²) in [5.74, 6) is -0.167. The van der Waals surface area contributed by atoms with Crippen molar-refractivity contribution >= 4 is 29.2 Å². The number of ether oxygens (including phenoxy) is 1. The molecule has 1 saturated heterocycles. The van der Waals surface area contributed by atoms with E-state index in [4.69, 9.17) is 21.2 Å². The van der Waals surface area contributed by atoms with Gasteiger partial charge in [-0.2, -0.15) is 5.06 Å².